The highest BCUT2D eigenvalue weighted by Crippen LogP contribution is 2.36. The number of carbonyl (C=O) groups excluding carboxylic acids is 2. The van der Waals surface area contributed by atoms with Gasteiger partial charge in [0.2, 0.25) is 5.91 Å². The van der Waals surface area contributed by atoms with Gasteiger partial charge in [-0.25, -0.2) is 4.98 Å². The third-order valence-electron chi connectivity index (χ3n) is 4.51. The fourth-order valence-electron chi connectivity index (χ4n) is 2.80. The average Bonchev–Trinajstić information content (AvgIpc) is 3.34. The van der Waals surface area contributed by atoms with E-state index in [0.717, 1.165) is 24.0 Å². The van der Waals surface area contributed by atoms with E-state index in [1.807, 2.05) is 45.0 Å². The first-order valence-electron chi connectivity index (χ1n) is 9.25. The van der Waals surface area contributed by atoms with Crippen LogP contribution in [0.5, 0.6) is 0 Å². The summed E-state index contributed by atoms with van der Waals surface area (Å²) in [4.78, 5) is 29.4. The van der Waals surface area contributed by atoms with Crippen LogP contribution >= 0.6 is 11.3 Å². The monoisotopic (exact) mass is 397 g/mol. The lowest BCUT2D eigenvalue weighted by Gasteiger charge is -2.10. The number of aryl methyl sites for hydroxylation is 1. The molecule has 146 valence electrons. The van der Waals surface area contributed by atoms with Crippen molar-refractivity contribution < 1.29 is 14.0 Å². The minimum Gasteiger partial charge on any atom is -0.459 e. The van der Waals surface area contributed by atoms with Crippen molar-refractivity contribution in [2.24, 2.45) is 5.92 Å². The molecule has 28 heavy (non-hydrogen) atoms. The fourth-order valence-corrected chi connectivity index (χ4v) is 3.69. The molecule has 2 heterocycles. The molecular weight excluding hydrogens is 374 g/mol. The van der Waals surface area contributed by atoms with Gasteiger partial charge in [-0.3, -0.25) is 9.59 Å². The van der Waals surface area contributed by atoms with Crippen molar-refractivity contribution in [2.75, 3.05) is 10.6 Å². The van der Waals surface area contributed by atoms with E-state index in [4.69, 9.17) is 4.42 Å². The van der Waals surface area contributed by atoms with Crippen LogP contribution in [0.1, 0.15) is 42.8 Å². The lowest BCUT2D eigenvalue weighted by molar-refractivity contribution is -0.120. The molecule has 0 saturated carbocycles. The number of furan rings is 1. The second-order valence-corrected chi connectivity index (χ2v) is 7.50. The third kappa shape index (κ3) is 4.48. The van der Waals surface area contributed by atoms with Crippen molar-refractivity contribution in [3.05, 3.63) is 54.0 Å². The van der Waals surface area contributed by atoms with E-state index < -0.39 is 0 Å². The van der Waals surface area contributed by atoms with Gasteiger partial charge in [0, 0.05) is 11.5 Å². The highest BCUT2D eigenvalue weighted by atomic mass is 32.1. The van der Waals surface area contributed by atoms with Gasteiger partial charge >= 0.3 is 0 Å². The van der Waals surface area contributed by atoms with Gasteiger partial charge in [0.25, 0.3) is 5.91 Å². The molecule has 6 nitrogen and oxygen atoms in total. The largest absolute Gasteiger partial charge is 0.459 e. The number of rotatable bonds is 7. The van der Waals surface area contributed by atoms with Crippen molar-refractivity contribution >= 4 is 33.3 Å². The number of amides is 2. The molecule has 2 aromatic heterocycles. The van der Waals surface area contributed by atoms with Gasteiger partial charge in [-0.2, -0.15) is 0 Å². The first kappa shape index (κ1) is 19.8. The Morgan fingerprint density at radius 2 is 1.82 bits per heavy atom. The molecule has 0 aliphatic rings. The smallest absolute Gasteiger partial charge is 0.292 e. The molecule has 2 amide bonds. The number of aromatic nitrogens is 1. The number of nitrogens with one attached hydrogen (secondary N) is 2. The van der Waals surface area contributed by atoms with Crippen LogP contribution in [0.4, 0.5) is 10.1 Å². The van der Waals surface area contributed by atoms with E-state index >= 15 is 0 Å². The van der Waals surface area contributed by atoms with Crippen LogP contribution in [-0.2, 0) is 4.79 Å². The Labute approximate surface area is 168 Å². The number of hydrogen-bond acceptors (Lipinski definition) is 5. The third-order valence-corrected chi connectivity index (χ3v) is 5.40. The summed E-state index contributed by atoms with van der Waals surface area (Å²) in [5.41, 5.74) is 2.60. The summed E-state index contributed by atoms with van der Waals surface area (Å²) in [6, 6.07) is 11.1. The van der Waals surface area contributed by atoms with Crippen molar-refractivity contribution in [1.29, 1.82) is 0 Å². The van der Waals surface area contributed by atoms with Gasteiger partial charge < -0.3 is 15.1 Å². The molecule has 0 fully saturated rings. The predicted octanol–water partition coefficient (Wildman–Crippen LogP) is 5.34. The van der Waals surface area contributed by atoms with Crippen LogP contribution in [0.3, 0.4) is 0 Å². The van der Waals surface area contributed by atoms with Crippen LogP contribution in [0.2, 0.25) is 0 Å². The van der Waals surface area contributed by atoms with Crippen LogP contribution in [0, 0.1) is 12.8 Å². The van der Waals surface area contributed by atoms with E-state index in [0.29, 0.717) is 15.8 Å². The van der Waals surface area contributed by atoms with E-state index in [-0.39, 0.29) is 23.5 Å². The number of carbonyl (C=O) groups is 2. The summed E-state index contributed by atoms with van der Waals surface area (Å²) >= 11 is 1.23. The zero-order valence-electron chi connectivity index (χ0n) is 16.1. The Balaban J connectivity index is 1.91. The van der Waals surface area contributed by atoms with E-state index in [1.165, 1.54) is 17.6 Å². The highest BCUT2D eigenvalue weighted by molar-refractivity contribution is 7.20. The maximum absolute atomic E-state index is 12.4. The zero-order chi connectivity index (χ0) is 20.1. The van der Waals surface area contributed by atoms with Crippen LogP contribution in [-0.4, -0.2) is 16.8 Å². The molecule has 0 saturated heterocycles. The van der Waals surface area contributed by atoms with E-state index in [9.17, 15) is 9.59 Å². The summed E-state index contributed by atoms with van der Waals surface area (Å²) < 4.78 is 5.16. The number of hydrogen-bond donors (Lipinski definition) is 2. The summed E-state index contributed by atoms with van der Waals surface area (Å²) in [5.74, 6) is -0.267. The van der Waals surface area contributed by atoms with Crippen molar-refractivity contribution in [1.82, 2.24) is 4.98 Å². The molecular formula is C21H23N3O3S. The van der Waals surface area contributed by atoms with Crippen LogP contribution in [0.25, 0.3) is 11.3 Å². The minimum absolute atomic E-state index is 0.0573. The molecule has 0 bridgehead atoms. The molecule has 0 unspecified atom stereocenters. The lowest BCUT2D eigenvalue weighted by Crippen LogP contribution is -2.21. The zero-order valence-corrected chi connectivity index (χ0v) is 16.9. The van der Waals surface area contributed by atoms with E-state index in [1.54, 1.807) is 12.1 Å². The maximum Gasteiger partial charge on any atom is 0.292 e. The first-order chi connectivity index (χ1) is 13.5. The van der Waals surface area contributed by atoms with Crippen LogP contribution < -0.4 is 10.6 Å². The Morgan fingerprint density at radius 3 is 2.43 bits per heavy atom. The van der Waals surface area contributed by atoms with Gasteiger partial charge in [-0.15, -0.1) is 0 Å². The molecule has 3 aromatic rings. The molecule has 0 aliphatic carbocycles. The second kappa shape index (κ2) is 8.84. The Bertz CT molecular complexity index is 942. The fraction of sp³-hybridized carbons (Fsp3) is 0.286. The summed E-state index contributed by atoms with van der Waals surface area (Å²) in [6.07, 6.45) is 2.98. The van der Waals surface area contributed by atoms with Crippen LogP contribution in [0.15, 0.2) is 47.1 Å². The SMILES string of the molecule is CCC(CC)C(=O)Nc1nc(-c2ccc(C)cc2)c(NC(=O)c2ccco2)s1. The minimum atomic E-state index is -0.361. The normalized spacial score (nSPS) is 10.9. The Morgan fingerprint density at radius 1 is 1.11 bits per heavy atom. The first-order valence-corrected chi connectivity index (χ1v) is 10.1. The topological polar surface area (TPSA) is 84.2 Å². The quantitative estimate of drug-likeness (QED) is 0.564. The number of benzene rings is 1. The molecule has 7 heteroatoms. The molecule has 1 aromatic carbocycles. The molecule has 0 aliphatic heterocycles. The summed E-state index contributed by atoms with van der Waals surface area (Å²) in [5, 5.41) is 6.76. The maximum atomic E-state index is 12.4. The van der Waals surface area contributed by atoms with Gasteiger partial charge in [0.15, 0.2) is 10.9 Å². The van der Waals surface area contributed by atoms with Gasteiger partial charge in [0.1, 0.15) is 10.7 Å². The van der Waals surface area contributed by atoms with Gasteiger partial charge in [0.05, 0.1) is 6.26 Å². The Hall–Kier alpha value is -2.93. The van der Waals surface area contributed by atoms with E-state index in [2.05, 4.69) is 15.6 Å². The number of anilines is 2. The number of thiazole rings is 1. The van der Waals surface area contributed by atoms with Crippen molar-refractivity contribution in [2.45, 2.75) is 33.6 Å². The predicted molar refractivity (Wildman–Crippen MR) is 112 cm³/mol. The van der Waals surface area contributed by atoms with Crippen molar-refractivity contribution in [3.63, 3.8) is 0 Å². The lowest BCUT2D eigenvalue weighted by atomic mass is 10.0. The Kier molecular flexibility index (Phi) is 6.26. The standard InChI is InChI=1S/C21H23N3O3S/c1-4-14(5-2)18(25)24-21-22-17(15-10-8-13(3)9-11-15)20(28-21)23-19(26)16-7-6-12-27-16/h6-12,14H,4-5H2,1-3H3,(H,23,26)(H,22,24,25). The molecule has 0 radical (unpaired) electrons. The average molecular weight is 398 g/mol. The second-order valence-electron chi connectivity index (χ2n) is 6.50. The molecule has 3 rings (SSSR count). The van der Waals surface area contributed by atoms with Crippen molar-refractivity contribution in [3.8, 4) is 11.3 Å². The molecule has 0 spiro atoms. The molecule has 0 atom stereocenters. The highest BCUT2D eigenvalue weighted by Gasteiger charge is 2.21. The summed E-state index contributed by atoms with van der Waals surface area (Å²) in [6.45, 7) is 5.98. The number of nitrogens with zero attached hydrogens (tertiary/aromatic N) is 1. The summed E-state index contributed by atoms with van der Waals surface area (Å²) in [7, 11) is 0. The van der Waals surface area contributed by atoms with Gasteiger partial charge in [-0.1, -0.05) is 55.0 Å². The van der Waals surface area contributed by atoms with Gasteiger partial charge in [-0.05, 0) is 31.9 Å². The molecule has 2 N–H and O–H groups in total.